The van der Waals surface area contributed by atoms with Gasteiger partial charge in [0.1, 0.15) is 0 Å². The summed E-state index contributed by atoms with van der Waals surface area (Å²) in [5.41, 5.74) is 0.963. The van der Waals surface area contributed by atoms with E-state index in [0.29, 0.717) is 26.1 Å². The Morgan fingerprint density at radius 2 is 2.00 bits per heavy atom. The molecule has 2 amide bonds. The second-order valence-electron chi connectivity index (χ2n) is 5.55. The molecule has 0 aromatic carbocycles. The lowest BCUT2D eigenvalue weighted by molar-refractivity contribution is -0.129. The molecule has 0 aliphatic heterocycles. The maximum absolute atomic E-state index is 11.8. The second kappa shape index (κ2) is 9.89. The number of nitrogens with zero attached hydrogens (tertiary/aromatic N) is 3. The molecule has 0 aliphatic carbocycles. The van der Waals surface area contributed by atoms with E-state index >= 15 is 0 Å². The van der Waals surface area contributed by atoms with Crippen molar-refractivity contribution < 1.29 is 9.59 Å². The number of rotatable bonds is 9. The number of carbonyl (C=O) groups is 2. The quantitative estimate of drug-likeness (QED) is 0.736. The van der Waals surface area contributed by atoms with Crippen LogP contribution < -0.4 is 5.32 Å². The van der Waals surface area contributed by atoms with Gasteiger partial charge in [0.2, 0.25) is 11.8 Å². The fourth-order valence-electron chi connectivity index (χ4n) is 2.03. The molecule has 0 atom stereocenters. The SMILES string of the molecule is CC(=O)N(CCCN(C)C)CCC(=O)NCc1cccnc1. The Labute approximate surface area is 132 Å². The zero-order valence-electron chi connectivity index (χ0n) is 13.7. The molecule has 1 N–H and O–H groups in total. The van der Waals surface area contributed by atoms with Gasteiger partial charge < -0.3 is 15.1 Å². The van der Waals surface area contributed by atoms with Gasteiger partial charge in [-0.2, -0.15) is 0 Å². The normalized spacial score (nSPS) is 10.5. The van der Waals surface area contributed by atoms with E-state index < -0.39 is 0 Å². The summed E-state index contributed by atoms with van der Waals surface area (Å²) in [6.45, 7) is 4.08. The third kappa shape index (κ3) is 7.73. The van der Waals surface area contributed by atoms with Crippen molar-refractivity contribution in [3.8, 4) is 0 Å². The number of aromatic nitrogens is 1. The van der Waals surface area contributed by atoms with Crippen molar-refractivity contribution >= 4 is 11.8 Å². The van der Waals surface area contributed by atoms with Gasteiger partial charge in [0, 0.05) is 45.4 Å². The highest BCUT2D eigenvalue weighted by atomic mass is 16.2. The van der Waals surface area contributed by atoms with Crippen molar-refractivity contribution in [1.29, 1.82) is 0 Å². The summed E-state index contributed by atoms with van der Waals surface area (Å²) in [6.07, 6.45) is 4.65. The number of hydrogen-bond acceptors (Lipinski definition) is 4. The van der Waals surface area contributed by atoms with Gasteiger partial charge >= 0.3 is 0 Å². The van der Waals surface area contributed by atoms with Crippen LogP contribution in [0.15, 0.2) is 24.5 Å². The molecular formula is C16H26N4O2. The lowest BCUT2D eigenvalue weighted by Crippen LogP contribution is -2.35. The summed E-state index contributed by atoms with van der Waals surface area (Å²) in [7, 11) is 4.01. The Kier molecular flexibility index (Phi) is 8.14. The van der Waals surface area contributed by atoms with Crippen molar-refractivity contribution in [3.63, 3.8) is 0 Å². The molecule has 6 heteroatoms. The van der Waals surface area contributed by atoms with Gasteiger partial charge in [-0.15, -0.1) is 0 Å². The molecule has 1 aromatic rings. The lowest BCUT2D eigenvalue weighted by atomic mass is 10.2. The van der Waals surface area contributed by atoms with Crippen molar-refractivity contribution in [2.45, 2.75) is 26.3 Å². The summed E-state index contributed by atoms with van der Waals surface area (Å²) in [5.74, 6) is -0.0403. The summed E-state index contributed by atoms with van der Waals surface area (Å²) in [4.78, 5) is 31.2. The molecule has 0 unspecified atom stereocenters. The average Bonchev–Trinajstić information content (AvgIpc) is 2.49. The highest BCUT2D eigenvalue weighted by Crippen LogP contribution is 1.98. The van der Waals surface area contributed by atoms with Gasteiger partial charge in [-0.3, -0.25) is 14.6 Å². The fourth-order valence-corrected chi connectivity index (χ4v) is 2.03. The number of hydrogen-bond donors (Lipinski definition) is 1. The predicted octanol–water partition coefficient (Wildman–Crippen LogP) is 0.888. The van der Waals surface area contributed by atoms with Crippen molar-refractivity contribution in [2.24, 2.45) is 0 Å². The van der Waals surface area contributed by atoms with Gasteiger partial charge in [-0.05, 0) is 38.7 Å². The number of amides is 2. The molecule has 0 saturated carbocycles. The molecule has 0 saturated heterocycles. The van der Waals surface area contributed by atoms with E-state index in [9.17, 15) is 9.59 Å². The van der Waals surface area contributed by atoms with Crippen LogP contribution in [0.3, 0.4) is 0 Å². The smallest absolute Gasteiger partial charge is 0.222 e. The van der Waals surface area contributed by atoms with E-state index in [4.69, 9.17) is 0 Å². The zero-order valence-corrected chi connectivity index (χ0v) is 13.7. The Bertz CT molecular complexity index is 462. The molecule has 0 spiro atoms. The molecule has 1 rings (SSSR count). The highest BCUT2D eigenvalue weighted by molar-refractivity contribution is 5.77. The maximum Gasteiger partial charge on any atom is 0.222 e. The Morgan fingerprint density at radius 1 is 1.23 bits per heavy atom. The highest BCUT2D eigenvalue weighted by Gasteiger charge is 2.11. The monoisotopic (exact) mass is 306 g/mol. The molecule has 22 heavy (non-hydrogen) atoms. The molecule has 6 nitrogen and oxygen atoms in total. The Hall–Kier alpha value is -1.95. The predicted molar refractivity (Wildman–Crippen MR) is 86.1 cm³/mol. The third-order valence-corrected chi connectivity index (χ3v) is 3.30. The van der Waals surface area contributed by atoms with Crippen LogP contribution in [-0.2, 0) is 16.1 Å². The summed E-state index contributed by atoms with van der Waals surface area (Å²) in [6, 6.07) is 3.75. The van der Waals surface area contributed by atoms with E-state index in [0.717, 1.165) is 18.5 Å². The fraction of sp³-hybridized carbons (Fsp3) is 0.562. The van der Waals surface area contributed by atoms with Gasteiger partial charge in [-0.1, -0.05) is 6.07 Å². The van der Waals surface area contributed by atoms with E-state index in [1.807, 2.05) is 26.2 Å². The summed E-state index contributed by atoms with van der Waals surface area (Å²) >= 11 is 0. The van der Waals surface area contributed by atoms with Crippen LogP contribution in [0, 0.1) is 0 Å². The molecule has 1 heterocycles. The number of nitrogens with one attached hydrogen (secondary N) is 1. The zero-order chi connectivity index (χ0) is 16.4. The minimum Gasteiger partial charge on any atom is -0.352 e. The summed E-state index contributed by atoms with van der Waals surface area (Å²) < 4.78 is 0. The van der Waals surface area contributed by atoms with E-state index in [1.54, 1.807) is 24.2 Å². The standard InChI is InChI=1S/C16H26N4O2/c1-14(21)20(10-5-9-19(2)3)11-7-16(22)18-13-15-6-4-8-17-12-15/h4,6,8,12H,5,7,9-11,13H2,1-3H3,(H,18,22). The minimum atomic E-state index is -0.0530. The Balaban J connectivity index is 2.28. The van der Waals surface area contributed by atoms with Crippen LogP contribution in [0.25, 0.3) is 0 Å². The molecular weight excluding hydrogens is 280 g/mol. The number of carbonyl (C=O) groups excluding carboxylic acids is 2. The largest absolute Gasteiger partial charge is 0.352 e. The van der Waals surface area contributed by atoms with E-state index in [1.165, 1.54) is 0 Å². The summed E-state index contributed by atoms with van der Waals surface area (Å²) in [5, 5.41) is 2.84. The molecule has 0 fully saturated rings. The average molecular weight is 306 g/mol. The van der Waals surface area contributed by atoms with Crippen molar-refractivity contribution in [2.75, 3.05) is 33.7 Å². The Morgan fingerprint density at radius 3 is 2.59 bits per heavy atom. The van der Waals surface area contributed by atoms with Crippen LogP contribution in [0.1, 0.15) is 25.3 Å². The molecule has 0 radical (unpaired) electrons. The molecule has 122 valence electrons. The van der Waals surface area contributed by atoms with Gasteiger partial charge in [-0.25, -0.2) is 0 Å². The first kappa shape index (κ1) is 18.1. The first-order valence-corrected chi connectivity index (χ1v) is 7.55. The minimum absolute atomic E-state index is 0.0128. The third-order valence-electron chi connectivity index (χ3n) is 3.30. The molecule has 1 aromatic heterocycles. The second-order valence-corrected chi connectivity index (χ2v) is 5.55. The molecule has 0 aliphatic rings. The number of pyridine rings is 1. The van der Waals surface area contributed by atoms with Crippen LogP contribution in [-0.4, -0.2) is 60.3 Å². The van der Waals surface area contributed by atoms with Crippen LogP contribution in [0.2, 0.25) is 0 Å². The van der Waals surface area contributed by atoms with Crippen molar-refractivity contribution in [1.82, 2.24) is 20.1 Å². The topological polar surface area (TPSA) is 65.5 Å². The first-order chi connectivity index (χ1) is 10.5. The van der Waals surface area contributed by atoms with E-state index in [2.05, 4.69) is 15.2 Å². The lowest BCUT2D eigenvalue weighted by Gasteiger charge is -2.21. The van der Waals surface area contributed by atoms with Crippen LogP contribution in [0.5, 0.6) is 0 Å². The van der Waals surface area contributed by atoms with Crippen LogP contribution in [0.4, 0.5) is 0 Å². The molecule has 0 bridgehead atoms. The maximum atomic E-state index is 11.8. The van der Waals surface area contributed by atoms with Gasteiger partial charge in [0.15, 0.2) is 0 Å². The van der Waals surface area contributed by atoms with Gasteiger partial charge in [0.05, 0.1) is 0 Å². The van der Waals surface area contributed by atoms with Gasteiger partial charge in [0.25, 0.3) is 0 Å². The van der Waals surface area contributed by atoms with E-state index in [-0.39, 0.29) is 11.8 Å². The van der Waals surface area contributed by atoms with Crippen molar-refractivity contribution in [3.05, 3.63) is 30.1 Å². The first-order valence-electron chi connectivity index (χ1n) is 7.55. The van der Waals surface area contributed by atoms with Crippen LogP contribution >= 0.6 is 0 Å².